The lowest BCUT2D eigenvalue weighted by molar-refractivity contribution is -0.151. The fourth-order valence-corrected chi connectivity index (χ4v) is 1.66. The van der Waals surface area contributed by atoms with E-state index in [1.54, 1.807) is 0 Å². The van der Waals surface area contributed by atoms with Crippen molar-refractivity contribution in [1.82, 2.24) is 9.97 Å². The third kappa shape index (κ3) is 2.34. The molecule has 3 N–H and O–H groups in total. The third-order valence-electron chi connectivity index (χ3n) is 2.94. The molecule has 1 aromatic heterocycles. The first-order valence-electron chi connectivity index (χ1n) is 5.73. The van der Waals surface area contributed by atoms with Crippen molar-refractivity contribution < 1.29 is 13.2 Å². The van der Waals surface area contributed by atoms with E-state index in [0.717, 1.165) is 0 Å². The van der Waals surface area contributed by atoms with Gasteiger partial charge in [0.2, 0.25) is 0 Å². The van der Waals surface area contributed by atoms with Crippen LogP contribution < -0.4 is 11.1 Å². The van der Waals surface area contributed by atoms with Crippen molar-refractivity contribution in [2.45, 2.75) is 44.3 Å². The molecule has 1 fully saturated rings. The first-order chi connectivity index (χ1) is 8.23. The maximum absolute atomic E-state index is 12.8. The van der Waals surface area contributed by atoms with Crippen molar-refractivity contribution in [2.24, 2.45) is 0 Å². The Balaban J connectivity index is 2.25. The number of nitrogen functional groups attached to an aromatic ring is 1. The van der Waals surface area contributed by atoms with E-state index in [2.05, 4.69) is 15.3 Å². The van der Waals surface area contributed by atoms with Gasteiger partial charge in [0.05, 0.1) is 0 Å². The van der Waals surface area contributed by atoms with E-state index in [1.165, 1.54) is 6.07 Å². The Morgan fingerprint density at radius 1 is 1.33 bits per heavy atom. The molecule has 100 valence electrons. The lowest BCUT2D eigenvalue weighted by atomic mass is 10.2. The van der Waals surface area contributed by atoms with Gasteiger partial charge >= 0.3 is 6.18 Å². The van der Waals surface area contributed by atoms with Crippen LogP contribution in [0.2, 0.25) is 0 Å². The van der Waals surface area contributed by atoms with E-state index in [4.69, 9.17) is 5.73 Å². The molecule has 0 bridgehead atoms. The molecule has 0 radical (unpaired) electrons. The standard InChI is InChI=1S/C11H15F3N4/c1-6(2)9-16-7(15)5-8(17-9)18-10(3-4-10)11(12,13)14/h5-6H,3-4H2,1-2H3,(H3,15,16,17,18). The van der Waals surface area contributed by atoms with Crippen molar-refractivity contribution in [3.05, 3.63) is 11.9 Å². The second kappa shape index (κ2) is 4.00. The Bertz CT molecular complexity index is 452. The molecule has 18 heavy (non-hydrogen) atoms. The molecular weight excluding hydrogens is 245 g/mol. The highest BCUT2D eigenvalue weighted by Gasteiger charge is 2.63. The molecule has 7 heteroatoms. The van der Waals surface area contributed by atoms with Gasteiger partial charge in [-0.25, -0.2) is 9.97 Å². The molecule has 2 rings (SSSR count). The molecule has 0 unspecified atom stereocenters. The number of rotatable bonds is 3. The van der Waals surface area contributed by atoms with Crippen LogP contribution in [-0.2, 0) is 0 Å². The minimum absolute atomic E-state index is 0.00934. The maximum atomic E-state index is 12.8. The quantitative estimate of drug-likeness (QED) is 0.877. The molecule has 0 spiro atoms. The van der Waals surface area contributed by atoms with Crippen LogP contribution in [0.3, 0.4) is 0 Å². The van der Waals surface area contributed by atoms with Gasteiger partial charge in [-0.3, -0.25) is 0 Å². The Kier molecular flexibility index (Phi) is 2.87. The predicted octanol–water partition coefficient (Wildman–Crippen LogP) is 2.69. The summed E-state index contributed by atoms with van der Waals surface area (Å²) in [5.41, 5.74) is 3.74. The summed E-state index contributed by atoms with van der Waals surface area (Å²) in [7, 11) is 0. The first-order valence-corrected chi connectivity index (χ1v) is 5.73. The van der Waals surface area contributed by atoms with E-state index in [-0.39, 0.29) is 30.4 Å². The van der Waals surface area contributed by atoms with Gasteiger partial charge in [-0.2, -0.15) is 13.2 Å². The van der Waals surface area contributed by atoms with Gasteiger partial charge in [0, 0.05) is 12.0 Å². The fourth-order valence-electron chi connectivity index (χ4n) is 1.66. The van der Waals surface area contributed by atoms with E-state index < -0.39 is 11.7 Å². The summed E-state index contributed by atoms with van der Waals surface area (Å²) in [4.78, 5) is 8.06. The number of anilines is 2. The molecule has 0 amide bonds. The van der Waals surface area contributed by atoms with Gasteiger partial charge in [0.15, 0.2) is 0 Å². The number of nitrogens with one attached hydrogen (secondary N) is 1. The largest absolute Gasteiger partial charge is 0.411 e. The summed E-state index contributed by atoms with van der Waals surface area (Å²) < 4.78 is 38.4. The SMILES string of the molecule is CC(C)c1nc(N)cc(NC2(C(F)(F)F)CC2)n1. The zero-order valence-electron chi connectivity index (χ0n) is 10.2. The lowest BCUT2D eigenvalue weighted by Gasteiger charge is -2.21. The van der Waals surface area contributed by atoms with Crippen LogP contribution in [-0.4, -0.2) is 21.7 Å². The second-order valence-corrected chi connectivity index (χ2v) is 4.90. The minimum atomic E-state index is -4.27. The smallest absolute Gasteiger partial charge is 0.384 e. The van der Waals surface area contributed by atoms with Gasteiger partial charge in [-0.1, -0.05) is 13.8 Å². The van der Waals surface area contributed by atoms with Crippen molar-refractivity contribution in [3.8, 4) is 0 Å². The van der Waals surface area contributed by atoms with Gasteiger partial charge in [0.1, 0.15) is 23.0 Å². The molecule has 0 atom stereocenters. The van der Waals surface area contributed by atoms with Crippen molar-refractivity contribution in [3.63, 3.8) is 0 Å². The molecule has 1 saturated carbocycles. The van der Waals surface area contributed by atoms with Gasteiger partial charge < -0.3 is 11.1 Å². The Morgan fingerprint density at radius 2 is 1.94 bits per heavy atom. The van der Waals surface area contributed by atoms with Crippen LogP contribution in [0.25, 0.3) is 0 Å². The summed E-state index contributed by atoms with van der Waals surface area (Å²) in [6.45, 7) is 3.71. The summed E-state index contributed by atoms with van der Waals surface area (Å²) in [6, 6.07) is 1.33. The summed E-state index contributed by atoms with van der Waals surface area (Å²) in [5.74, 6) is 0.765. The van der Waals surface area contributed by atoms with Crippen LogP contribution >= 0.6 is 0 Å². The van der Waals surface area contributed by atoms with Crippen LogP contribution in [0.15, 0.2) is 6.07 Å². The highest BCUT2D eigenvalue weighted by molar-refractivity contribution is 5.48. The fraction of sp³-hybridized carbons (Fsp3) is 0.636. The number of nitrogens with two attached hydrogens (primary N) is 1. The van der Waals surface area contributed by atoms with Crippen molar-refractivity contribution in [1.29, 1.82) is 0 Å². The monoisotopic (exact) mass is 260 g/mol. The highest BCUT2D eigenvalue weighted by atomic mass is 19.4. The van der Waals surface area contributed by atoms with Crippen LogP contribution in [0.5, 0.6) is 0 Å². The summed E-state index contributed by atoms with van der Waals surface area (Å²) >= 11 is 0. The predicted molar refractivity (Wildman–Crippen MR) is 62.2 cm³/mol. The molecule has 1 aliphatic rings. The molecule has 1 aliphatic carbocycles. The zero-order valence-corrected chi connectivity index (χ0v) is 10.2. The molecule has 1 heterocycles. The molecule has 0 aliphatic heterocycles. The van der Waals surface area contributed by atoms with Crippen LogP contribution in [0, 0.1) is 0 Å². The summed E-state index contributed by atoms with van der Waals surface area (Å²) in [5, 5.41) is 2.45. The number of nitrogens with zero attached hydrogens (tertiary/aromatic N) is 2. The molecular formula is C11H15F3N4. The minimum Gasteiger partial charge on any atom is -0.384 e. The van der Waals surface area contributed by atoms with Crippen LogP contribution in [0.4, 0.5) is 24.8 Å². The number of hydrogen-bond acceptors (Lipinski definition) is 4. The van der Waals surface area contributed by atoms with E-state index in [9.17, 15) is 13.2 Å². The summed E-state index contributed by atoms with van der Waals surface area (Å²) in [6.07, 6.45) is -4.14. The Labute approximate surface area is 103 Å². The maximum Gasteiger partial charge on any atom is 0.411 e. The molecule has 1 aromatic rings. The van der Waals surface area contributed by atoms with Crippen LogP contribution in [0.1, 0.15) is 38.4 Å². The average Bonchev–Trinajstić information content (AvgIpc) is 2.96. The molecule has 0 saturated heterocycles. The number of halogens is 3. The average molecular weight is 260 g/mol. The van der Waals surface area contributed by atoms with Crippen molar-refractivity contribution >= 4 is 11.6 Å². The van der Waals surface area contributed by atoms with Gasteiger partial charge in [0.25, 0.3) is 0 Å². The normalized spacial score (nSPS) is 17.9. The van der Waals surface area contributed by atoms with Gasteiger partial charge in [-0.05, 0) is 12.8 Å². The van der Waals surface area contributed by atoms with Gasteiger partial charge in [-0.15, -0.1) is 0 Å². The Hall–Kier alpha value is -1.53. The van der Waals surface area contributed by atoms with E-state index in [0.29, 0.717) is 5.82 Å². The molecule has 0 aromatic carbocycles. The topological polar surface area (TPSA) is 63.8 Å². The number of hydrogen-bond donors (Lipinski definition) is 2. The number of alkyl halides is 3. The first kappa shape index (κ1) is 12.9. The lowest BCUT2D eigenvalue weighted by Crippen LogP contribution is -2.39. The van der Waals surface area contributed by atoms with E-state index >= 15 is 0 Å². The zero-order chi connectivity index (χ0) is 13.6. The second-order valence-electron chi connectivity index (χ2n) is 4.90. The van der Waals surface area contributed by atoms with Crippen molar-refractivity contribution in [2.75, 3.05) is 11.1 Å². The molecule has 4 nitrogen and oxygen atoms in total. The Morgan fingerprint density at radius 3 is 2.39 bits per heavy atom. The van der Waals surface area contributed by atoms with E-state index in [1.807, 2.05) is 13.8 Å². The number of aromatic nitrogens is 2. The third-order valence-corrected chi connectivity index (χ3v) is 2.94. The highest BCUT2D eigenvalue weighted by Crippen LogP contribution is 2.51.